The molecule has 1 saturated carbocycles. The smallest absolute Gasteiger partial charge is 0.0569 e. The molecule has 2 aliphatic rings. The molecule has 0 aromatic carbocycles. The van der Waals surface area contributed by atoms with E-state index in [-0.39, 0.29) is 6.04 Å². The number of anilines is 1. The predicted octanol–water partition coefficient (Wildman–Crippen LogP) is 2.87. The van der Waals surface area contributed by atoms with Crippen molar-refractivity contribution in [3.63, 3.8) is 0 Å². The highest BCUT2D eigenvalue weighted by molar-refractivity contribution is 5.47. The minimum Gasteiger partial charge on any atom is -0.367 e. The topological polar surface area (TPSA) is 42.1 Å². The van der Waals surface area contributed by atoms with Crippen molar-refractivity contribution >= 4 is 5.69 Å². The third-order valence-corrected chi connectivity index (χ3v) is 4.56. The van der Waals surface area contributed by atoms with E-state index in [0.29, 0.717) is 0 Å². The van der Waals surface area contributed by atoms with Gasteiger partial charge in [0, 0.05) is 18.6 Å². The third-order valence-electron chi connectivity index (χ3n) is 4.56. The van der Waals surface area contributed by atoms with Gasteiger partial charge in [0.25, 0.3) is 0 Å². The van der Waals surface area contributed by atoms with E-state index in [1.165, 1.54) is 44.3 Å². The molecule has 0 spiro atoms. The molecular weight excluding hydrogens is 222 g/mol. The molecule has 1 aliphatic heterocycles. The summed E-state index contributed by atoms with van der Waals surface area (Å²) >= 11 is 0. The number of nitrogens with zero attached hydrogens (tertiary/aromatic N) is 2. The van der Waals surface area contributed by atoms with Gasteiger partial charge in [-0.05, 0) is 50.7 Å². The Morgan fingerprint density at radius 2 is 2.11 bits per heavy atom. The van der Waals surface area contributed by atoms with Crippen LogP contribution in [0.5, 0.6) is 0 Å². The van der Waals surface area contributed by atoms with Crippen molar-refractivity contribution in [2.24, 2.45) is 11.7 Å². The lowest BCUT2D eigenvalue weighted by Gasteiger charge is -2.39. The Balaban J connectivity index is 1.80. The van der Waals surface area contributed by atoms with Gasteiger partial charge in [0.05, 0.1) is 17.6 Å². The Bertz CT molecular complexity index is 399. The first-order valence-corrected chi connectivity index (χ1v) is 7.24. The molecule has 1 aromatic heterocycles. The summed E-state index contributed by atoms with van der Waals surface area (Å²) in [5.74, 6) is 0.923. The Kier molecular flexibility index (Phi) is 3.25. The quantitative estimate of drug-likeness (QED) is 0.871. The molecule has 2 N–H and O–H groups in total. The SMILES string of the molecule is C[C@H](N)c1ccc(N2CCCC3CCCC32)cn1. The molecule has 1 aromatic rings. The van der Waals surface area contributed by atoms with Crippen molar-refractivity contribution < 1.29 is 0 Å². The van der Waals surface area contributed by atoms with Gasteiger partial charge in [-0.3, -0.25) is 4.98 Å². The summed E-state index contributed by atoms with van der Waals surface area (Å²) in [6.07, 6.45) is 8.95. The zero-order chi connectivity index (χ0) is 12.5. The van der Waals surface area contributed by atoms with Gasteiger partial charge in [-0.1, -0.05) is 6.42 Å². The highest BCUT2D eigenvalue weighted by Crippen LogP contribution is 2.38. The number of pyridine rings is 1. The Morgan fingerprint density at radius 3 is 2.83 bits per heavy atom. The first-order chi connectivity index (χ1) is 8.75. The minimum atomic E-state index is 0.0274. The normalized spacial score (nSPS) is 29.1. The maximum atomic E-state index is 5.85. The highest BCUT2D eigenvalue weighted by atomic mass is 15.2. The summed E-state index contributed by atoms with van der Waals surface area (Å²) in [7, 11) is 0. The Hall–Kier alpha value is -1.09. The Labute approximate surface area is 109 Å². The second-order valence-electron chi connectivity index (χ2n) is 5.82. The van der Waals surface area contributed by atoms with Gasteiger partial charge in [0.1, 0.15) is 0 Å². The predicted molar refractivity (Wildman–Crippen MR) is 74.5 cm³/mol. The summed E-state index contributed by atoms with van der Waals surface area (Å²) in [5, 5.41) is 0. The van der Waals surface area contributed by atoms with E-state index in [2.05, 4.69) is 22.0 Å². The first-order valence-electron chi connectivity index (χ1n) is 7.24. The summed E-state index contributed by atoms with van der Waals surface area (Å²) in [6, 6.07) is 5.08. The van der Waals surface area contributed by atoms with Gasteiger partial charge in [0.15, 0.2) is 0 Å². The van der Waals surface area contributed by atoms with Crippen molar-refractivity contribution in [3.8, 4) is 0 Å². The van der Waals surface area contributed by atoms with Crippen LogP contribution in [0.1, 0.15) is 50.8 Å². The van der Waals surface area contributed by atoms with E-state index in [9.17, 15) is 0 Å². The van der Waals surface area contributed by atoms with Crippen LogP contribution in [0.25, 0.3) is 0 Å². The number of hydrogen-bond acceptors (Lipinski definition) is 3. The first kappa shape index (κ1) is 12.0. The molecule has 1 saturated heterocycles. The monoisotopic (exact) mass is 245 g/mol. The van der Waals surface area contributed by atoms with E-state index in [1.54, 1.807) is 0 Å². The molecule has 2 heterocycles. The zero-order valence-electron chi connectivity index (χ0n) is 11.2. The van der Waals surface area contributed by atoms with E-state index < -0.39 is 0 Å². The second kappa shape index (κ2) is 4.88. The summed E-state index contributed by atoms with van der Waals surface area (Å²) < 4.78 is 0. The van der Waals surface area contributed by atoms with Gasteiger partial charge in [-0.25, -0.2) is 0 Å². The van der Waals surface area contributed by atoms with E-state index >= 15 is 0 Å². The molecular formula is C15H23N3. The van der Waals surface area contributed by atoms with Gasteiger partial charge >= 0.3 is 0 Å². The van der Waals surface area contributed by atoms with Crippen LogP contribution in [0, 0.1) is 5.92 Å². The lowest BCUT2D eigenvalue weighted by atomic mass is 9.91. The molecule has 3 rings (SSSR count). The van der Waals surface area contributed by atoms with Crippen LogP contribution < -0.4 is 10.6 Å². The molecule has 2 fully saturated rings. The highest BCUT2D eigenvalue weighted by Gasteiger charge is 2.35. The van der Waals surface area contributed by atoms with Crippen LogP contribution in [0.15, 0.2) is 18.3 Å². The van der Waals surface area contributed by atoms with E-state index in [0.717, 1.165) is 17.7 Å². The molecule has 0 amide bonds. The van der Waals surface area contributed by atoms with Crippen LogP contribution in [-0.4, -0.2) is 17.6 Å². The lowest BCUT2D eigenvalue weighted by Crippen LogP contribution is -2.42. The van der Waals surface area contributed by atoms with Crippen LogP contribution in [-0.2, 0) is 0 Å². The van der Waals surface area contributed by atoms with Crippen molar-refractivity contribution in [3.05, 3.63) is 24.0 Å². The fourth-order valence-electron chi connectivity index (χ4n) is 3.61. The molecule has 0 bridgehead atoms. The fourth-order valence-corrected chi connectivity index (χ4v) is 3.61. The van der Waals surface area contributed by atoms with Crippen LogP contribution in [0.4, 0.5) is 5.69 Å². The molecule has 18 heavy (non-hydrogen) atoms. The maximum absolute atomic E-state index is 5.85. The van der Waals surface area contributed by atoms with Crippen molar-refractivity contribution in [2.75, 3.05) is 11.4 Å². The summed E-state index contributed by atoms with van der Waals surface area (Å²) in [5.41, 5.74) is 8.12. The van der Waals surface area contributed by atoms with Crippen LogP contribution in [0.3, 0.4) is 0 Å². The molecule has 0 radical (unpaired) electrons. The maximum Gasteiger partial charge on any atom is 0.0569 e. The fraction of sp³-hybridized carbons (Fsp3) is 0.667. The summed E-state index contributed by atoms with van der Waals surface area (Å²) in [6.45, 7) is 3.18. The van der Waals surface area contributed by atoms with Crippen LogP contribution in [0.2, 0.25) is 0 Å². The van der Waals surface area contributed by atoms with Gasteiger partial charge in [-0.2, -0.15) is 0 Å². The van der Waals surface area contributed by atoms with E-state index in [4.69, 9.17) is 5.73 Å². The van der Waals surface area contributed by atoms with Gasteiger partial charge in [0.2, 0.25) is 0 Å². The number of hydrogen-bond donors (Lipinski definition) is 1. The van der Waals surface area contributed by atoms with Crippen LogP contribution >= 0.6 is 0 Å². The minimum absolute atomic E-state index is 0.0274. The standard InChI is InChI=1S/C15H23N3/c1-11(16)14-8-7-13(10-17-14)18-9-3-5-12-4-2-6-15(12)18/h7-8,10-12,15H,2-6,9,16H2,1H3/t11-,12?,15?/m0/s1. The van der Waals surface area contributed by atoms with Crippen molar-refractivity contribution in [1.29, 1.82) is 0 Å². The summed E-state index contributed by atoms with van der Waals surface area (Å²) in [4.78, 5) is 7.08. The average Bonchev–Trinajstić information content (AvgIpc) is 2.87. The lowest BCUT2D eigenvalue weighted by molar-refractivity contribution is 0.362. The Morgan fingerprint density at radius 1 is 1.28 bits per heavy atom. The molecule has 3 heteroatoms. The second-order valence-corrected chi connectivity index (χ2v) is 5.82. The van der Waals surface area contributed by atoms with Gasteiger partial charge < -0.3 is 10.6 Å². The molecule has 3 atom stereocenters. The average molecular weight is 245 g/mol. The molecule has 98 valence electrons. The van der Waals surface area contributed by atoms with Crippen molar-refractivity contribution in [1.82, 2.24) is 4.98 Å². The largest absolute Gasteiger partial charge is 0.367 e. The zero-order valence-corrected chi connectivity index (χ0v) is 11.2. The number of nitrogens with two attached hydrogens (primary N) is 1. The number of aromatic nitrogens is 1. The number of piperidine rings is 1. The van der Waals surface area contributed by atoms with Crippen molar-refractivity contribution in [2.45, 2.75) is 51.1 Å². The van der Waals surface area contributed by atoms with E-state index in [1.807, 2.05) is 13.1 Å². The molecule has 3 nitrogen and oxygen atoms in total. The third kappa shape index (κ3) is 2.12. The van der Waals surface area contributed by atoms with Gasteiger partial charge in [-0.15, -0.1) is 0 Å². The number of rotatable bonds is 2. The molecule has 2 unspecified atom stereocenters. The number of fused-ring (bicyclic) bond motifs is 1. The molecule has 1 aliphatic carbocycles.